The number of esters is 1. The number of likely N-dealkylation sites (tertiary alicyclic amines) is 1. The first-order valence-electron chi connectivity index (χ1n) is 16.5. The van der Waals surface area contributed by atoms with Crippen molar-refractivity contribution in [2.45, 2.75) is 102 Å². The van der Waals surface area contributed by atoms with Gasteiger partial charge >= 0.3 is 5.97 Å². The zero-order chi connectivity index (χ0) is 33.6. The van der Waals surface area contributed by atoms with Gasteiger partial charge in [-0.2, -0.15) is 0 Å². The van der Waals surface area contributed by atoms with E-state index in [1.165, 1.54) is 4.90 Å². The van der Waals surface area contributed by atoms with Crippen LogP contribution >= 0.6 is 0 Å². The summed E-state index contributed by atoms with van der Waals surface area (Å²) in [7, 11) is 1.71. The highest BCUT2D eigenvalue weighted by atomic mass is 16.6. The quantitative estimate of drug-likeness (QED) is 0.388. The maximum atomic E-state index is 14.8. The van der Waals surface area contributed by atoms with Crippen LogP contribution in [0.2, 0.25) is 0 Å². The van der Waals surface area contributed by atoms with Gasteiger partial charge in [-0.3, -0.25) is 19.2 Å². The molecule has 8 atom stereocenters. The number of aliphatic hydroxyl groups excluding tert-OH is 1. The van der Waals surface area contributed by atoms with E-state index < -0.39 is 65.2 Å². The number of carbonyl (C=O) groups excluding carboxylic acids is 4. The van der Waals surface area contributed by atoms with Crippen molar-refractivity contribution in [1.82, 2.24) is 14.7 Å². The van der Waals surface area contributed by atoms with Gasteiger partial charge in [-0.05, 0) is 52.0 Å². The number of hydrogen-bond acceptors (Lipinski definition) is 7. The first kappa shape index (κ1) is 33.9. The summed E-state index contributed by atoms with van der Waals surface area (Å²) < 4.78 is 13.1. The number of aliphatic hydroxyl groups is 1. The third-order valence-electron chi connectivity index (χ3n) is 10.0. The molecular weight excluding hydrogens is 586 g/mol. The molecule has 10 heteroatoms. The molecule has 2 fully saturated rings. The molecule has 1 aromatic rings. The number of fused-ring (bicyclic) bond motifs is 2. The fraction of sp³-hybridized carbons (Fsp3) is 0.611. The minimum Gasteiger partial charge on any atom is -0.455 e. The number of nitrogens with zero attached hydrogens (tertiary/aromatic N) is 3. The fourth-order valence-corrected chi connectivity index (χ4v) is 7.64. The number of ether oxygens (including phenoxy) is 2. The normalized spacial score (nSPS) is 33.5. The van der Waals surface area contributed by atoms with Gasteiger partial charge in [-0.1, -0.05) is 68.5 Å². The number of hydrogen-bond donors (Lipinski definition) is 1. The van der Waals surface area contributed by atoms with E-state index in [1.807, 2.05) is 84.0 Å². The van der Waals surface area contributed by atoms with Crippen molar-refractivity contribution in [2.75, 3.05) is 20.2 Å². The van der Waals surface area contributed by atoms with E-state index in [0.29, 0.717) is 19.4 Å². The Labute approximate surface area is 272 Å². The Balaban J connectivity index is 1.65. The van der Waals surface area contributed by atoms with Crippen LogP contribution in [0, 0.1) is 17.8 Å². The minimum absolute atomic E-state index is 0.0836. The van der Waals surface area contributed by atoms with E-state index in [-0.39, 0.29) is 30.8 Å². The van der Waals surface area contributed by atoms with E-state index in [0.717, 1.165) is 5.56 Å². The monoisotopic (exact) mass is 635 g/mol. The van der Waals surface area contributed by atoms with Gasteiger partial charge in [0.15, 0.2) is 0 Å². The molecule has 0 bridgehead atoms. The summed E-state index contributed by atoms with van der Waals surface area (Å²) in [5.74, 6) is -3.39. The second-order valence-corrected chi connectivity index (χ2v) is 14.6. The van der Waals surface area contributed by atoms with Crippen LogP contribution in [0.15, 0.2) is 54.6 Å². The zero-order valence-corrected chi connectivity index (χ0v) is 28.1. The average Bonchev–Trinajstić information content (AvgIpc) is 3.39. The number of cyclic esters (lactones) is 1. The molecule has 1 spiro atoms. The third-order valence-corrected chi connectivity index (χ3v) is 10.0. The molecule has 1 aromatic carbocycles. The van der Waals surface area contributed by atoms with Gasteiger partial charge in [0, 0.05) is 25.6 Å². The van der Waals surface area contributed by atoms with Crippen LogP contribution in [0.1, 0.15) is 72.5 Å². The molecule has 4 heterocycles. The van der Waals surface area contributed by atoms with E-state index >= 15 is 0 Å². The van der Waals surface area contributed by atoms with E-state index in [4.69, 9.17) is 9.47 Å². The summed E-state index contributed by atoms with van der Waals surface area (Å²) in [4.78, 5) is 61.9. The Morgan fingerprint density at radius 1 is 1.04 bits per heavy atom. The topological polar surface area (TPSA) is 117 Å². The maximum absolute atomic E-state index is 14.8. The van der Waals surface area contributed by atoms with E-state index in [9.17, 15) is 24.3 Å². The predicted octanol–water partition coefficient (Wildman–Crippen LogP) is 3.65. The average molecular weight is 636 g/mol. The molecule has 0 aromatic heterocycles. The van der Waals surface area contributed by atoms with Crippen LogP contribution in [0.3, 0.4) is 0 Å². The second kappa shape index (κ2) is 13.0. The molecule has 10 nitrogen and oxygen atoms in total. The van der Waals surface area contributed by atoms with Crippen molar-refractivity contribution in [3.63, 3.8) is 0 Å². The predicted molar refractivity (Wildman–Crippen MR) is 172 cm³/mol. The number of amides is 3. The van der Waals surface area contributed by atoms with Gasteiger partial charge in [0.2, 0.25) is 17.7 Å². The highest BCUT2D eigenvalue weighted by Gasteiger charge is 2.73. The van der Waals surface area contributed by atoms with Gasteiger partial charge in [0.05, 0.1) is 30.7 Å². The Bertz CT molecular complexity index is 1390. The molecule has 46 heavy (non-hydrogen) atoms. The van der Waals surface area contributed by atoms with Crippen LogP contribution in [0.25, 0.3) is 0 Å². The van der Waals surface area contributed by atoms with Crippen molar-refractivity contribution in [1.29, 1.82) is 0 Å². The lowest BCUT2D eigenvalue weighted by molar-refractivity contribution is -0.165. The smallest absolute Gasteiger partial charge is 0.313 e. The van der Waals surface area contributed by atoms with Gasteiger partial charge in [0.1, 0.15) is 23.7 Å². The summed E-state index contributed by atoms with van der Waals surface area (Å²) in [5, 5.41) is 10.6. The van der Waals surface area contributed by atoms with Gasteiger partial charge in [0.25, 0.3) is 0 Å². The number of rotatable bonds is 5. The molecule has 0 saturated carbocycles. The summed E-state index contributed by atoms with van der Waals surface area (Å²) in [6.07, 6.45) is 6.67. The zero-order valence-electron chi connectivity index (χ0n) is 28.1. The Morgan fingerprint density at radius 3 is 2.37 bits per heavy atom. The Kier molecular flexibility index (Phi) is 9.53. The second-order valence-electron chi connectivity index (χ2n) is 14.6. The van der Waals surface area contributed by atoms with Gasteiger partial charge in [-0.15, -0.1) is 0 Å². The Hall–Kier alpha value is -3.50. The molecule has 1 N–H and O–H groups in total. The minimum atomic E-state index is -1.46. The number of likely N-dealkylation sites (N-methyl/N-ethyl adjacent to an activating group) is 1. The highest BCUT2D eigenvalue weighted by molar-refractivity contribution is 5.99. The molecule has 250 valence electrons. The van der Waals surface area contributed by atoms with Crippen molar-refractivity contribution in [3.8, 4) is 0 Å². The van der Waals surface area contributed by atoms with Crippen LogP contribution in [-0.4, -0.2) is 99.1 Å². The molecular formula is C36H49N3O7. The standard InChI is InChI=1S/C36H49N3O7/c1-22(2)20-25(21-40)39-31-33(43)38(35(4,5)6)19-13-18-36(31)29(32(39)42)28-26(46-36)16-11-12-17-27(41)37(7)23(3)30(45-34(28)44)24-14-9-8-10-15-24/h8-11,13-16,18,22-23,25-26,28-31,40H,12,17,19-21H2,1-7H3/b16-11-/t23-,25+,26-,28+,29+,30+,31-,36+/m0/s1. The summed E-state index contributed by atoms with van der Waals surface area (Å²) in [5.41, 5.74) is -1.30. The van der Waals surface area contributed by atoms with Gasteiger partial charge in [-0.25, -0.2) is 0 Å². The van der Waals surface area contributed by atoms with Crippen molar-refractivity contribution in [3.05, 3.63) is 60.2 Å². The fourth-order valence-electron chi connectivity index (χ4n) is 7.64. The van der Waals surface area contributed by atoms with Crippen LogP contribution in [0.5, 0.6) is 0 Å². The summed E-state index contributed by atoms with van der Waals surface area (Å²) in [6.45, 7) is 11.7. The number of allylic oxidation sites excluding steroid dienone is 1. The third kappa shape index (κ3) is 5.90. The molecule has 0 unspecified atom stereocenters. The Morgan fingerprint density at radius 2 is 1.74 bits per heavy atom. The lowest BCUT2D eigenvalue weighted by Gasteiger charge is -2.42. The number of carbonyl (C=O) groups is 4. The van der Waals surface area contributed by atoms with E-state index in [1.54, 1.807) is 29.0 Å². The van der Waals surface area contributed by atoms with E-state index in [2.05, 4.69) is 0 Å². The van der Waals surface area contributed by atoms with Crippen LogP contribution in [-0.2, 0) is 28.7 Å². The molecule has 0 aliphatic carbocycles. The summed E-state index contributed by atoms with van der Waals surface area (Å²) in [6, 6.07) is 7.05. The first-order valence-corrected chi connectivity index (χ1v) is 16.5. The van der Waals surface area contributed by atoms with Crippen LogP contribution < -0.4 is 0 Å². The summed E-state index contributed by atoms with van der Waals surface area (Å²) >= 11 is 0. The number of benzene rings is 1. The molecule has 4 aliphatic heterocycles. The largest absolute Gasteiger partial charge is 0.455 e. The molecule has 4 aliphatic rings. The first-order chi connectivity index (χ1) is 21.7. The SMILES string of the molecule is CC(C)C[C@H](CO)N1C(=O)[C@H]2[C@@H]3C(=O)O[C@@H](c4ccccc4)[C@H](C)N(C)C(=O)CC/C=C\[C@@H]3O[C@]23C=CCN(C(C)(C)C)C(=O)[C@H]13. The molecule has 2 saturated heterocycles. The molecule has 0 radical (unpaired) electrons. The van der Waals surface area contributed by atoms with Crippen molar-refractivity contribution in [2.24, 2.45) is 17.8 Å². The lowest BCUT2D eigenvalue weighted by atomic mass is 9.77. The van der Waals surface area contributed by atoms with Crippen molar-refractivity contribution >= 4 is 23.7 Å². The maximum Gasteiger partial charge on any atom is 0.313 e. The van der Waals surface area contributed by atoms with Gasteiger partial charge < -0.3 is 29.3 Å². The van der Waals surface area contributed by atoms with Crippen LogP contribution in [0.4, 0.5) is 0 Å². The lowest BCUT2D eigenvalue weighted by Crippen LogP contribution is -2.60. The van der Waals surface area contributed by atoms with Crippen molar-refractivity contribution < 1.29 is 33.8 Å². The molecule has 3 amide bonds. The molecule has 5 rings (SSSR count). The highest BCUT2D eigenvalue weighted by Crippen LogP contribution is 2.54.